The fourth-order valence-electron chi connectivity index (χ4n) is 6.41. The summed E-state index contributed by atoms with van der Waals surface area (Å²) in [5, 5.41) is 0. The molecule has 0 heteroatoms. The van der Waals surface area contributed by atoms with Gasteiger partial charge in [-0.2, -0.15) is 0 Å². The van der Waals surface area contributed by atoms with E-state index in [2.05, 4.69) is 147 Å². The number of rotatable bonds is 5. The SMILES string of the molecule is C/C=C/C=C\C=C/C=C/C=C1\C(=C/C2=CCC(C)(C)C=C2)C2(c3ccccc31)c1ccccc1-c1ccccc12. The van der Waals surface area contributed by atoms with E-state index in [1.54, 1.807) is 0 Å². The molecule has 3 aliphatic rings. The Morgan fingerprint density at radius 1 is 0.625 bits per heavy atom. The minimum Gasteiger partial charge on any atom is -0.0877 e. The molecule has 0 aromatic heterocycles. The van der Waals surface area contributed by atoms with Gasteiger partial charge in [-0.1, -0.05) is 160 Å². The van der Waals surface area contributed by atoms with Crippen LogP contribution in [-0.4, -0.2) is 0 Å². The van der Waals surface area contributed by atoms with E-state index in [1.807, 2.05) is 25.2 Å². The van der Waals surface area contributed by atoms with Crippen LogP contribution in [0.5, 0.6) is 0 Å². The first kappa shape index (κ1) is 25.8. The number of hydrogen-bond acceptors (Lipinski definition) is 0. The van der Waals surface area contributed by atoms with Crippen molar-refractivity contribution in [3.63, 3.8) is 0 Å². The molecule has 196 valence electrons. The van der Waals surface area contributed by atoms with E-state index in [1.165, 1.54) is 50.1 Å². The molecule has 0 radical (unpaired) electrons. The molecule has 3 aromatic rings. The predicted molar refractivity (Wildman–Crippen MR) is 172 cm³/mol. The average Bonchev–Trinajstić information content (AvgIpc) is 3.42. The van der Waals surface area contributed by atoms with Gasteiger partial charge < -0.3 is 0 Å². The Morgan fingerprint density at radius 2 is 1.15 bits per heavy atom. The molecule has 0 heterocycles. The molecule has 0 aliphatic heterocycles. The highest BCUT2D eigenvalue weighted by Crippen LogP contribution is 2.63. The number of fused-ring (bicyclic) bond motifs is 7. The molecule has 0 saturated carbocycles. The highest BCUT2D eigenvalue weighted by molar-refractivity contribution is 6.00. The van der Waals surface area contributed by atoms with Crippen LogP contribution in [0.15, 0.2) is 163 Å². The minimum absolute atomic E-state index is 0.194. The largest absolute Gasteiger partial charge is 0.0877 e. The van der Waals surface area contributed by atoms with Crippen LogP contribution < -0.4 is 0 Å². The molecule has 0 amide bonds. The summed E-state index contributed by atoms with van der Waals surface area (Å²) in [6, 6.07) is 27.0. The van der Waals surface area contributed by atoms with Gasteiger partial charge in [0.1, 0.15) is 0 Å². The van der Waals surface area contributed by atoms with Crippen molar-refractivity contribution in [3.8, 4) is 11.1 Å². The van der Waals surface area contributed by atoms with Gasteiger partial charge in [0.05, 0.1) is 5.41 Å². The van der Waals surface area contributed by atoms with Crippen LogP contribution in [0.1, 0.15) is 49.4 Å². The number of allylic oxidation sites excluding steroid dienone is 16. The first-order valence-corrected chi connectivity index (χ1v) is 14.3. The number of hydrogen-bond donors (Lipinski definition) is 0. The van der Waals surface area contributed by atoms with Gasteiger partial charge in [0.25, 0.3) is 0 Å². The quantitative estimate of drug-likeness (QED) is 0.296. The van der Waals surface area contributed by atoms with E-state index < -0.39 is 0 Å². The Bertz CT molecular complexity index is 1640. The van der Waals surface area contributed by atoms with E-state index in [0.717, 1.165) is 6.42 Å². The van der Waals surface area contributed by atoms with Crippen molar-refractivity contribution in [1.29, 1.82) is 0 Å². The Hall–Kier alpha value is -4.42. The van der Waals surface area contributed by atoms with Crippen LogP contribution in [0, 0.1) is 5.41 Å². The number of benzene rings is 3. The zero-order chi connectivity index (χ0) is 27.6. The molecular weight excluding hydrogens is 480 g/mol. The third kappa shape index (κ3) is 4.34. The van der Waals surface area contributed by atoms with E-state index in [-0.39, 0.29) is 10.8 Å². The summed E-state index contributed by atoms with van der Waals surface area (Å²) in [5.74, 6) is 0. The third-order valence-electron chi connectivity index (χ3n) is 8.29. The molecule has 0 N–H and O–H groups in total. The third-order valence-corrected chi connectivity index (χ3v) is 8.29. The minimum atomic E-state index is -0.351. The zero-order valence-electron chi connectivity index (χ0n) is 23.6. The Morgan fingerprint density at radius 3 is 1.73 bits per heavy atom. The summed E-state index contributed by atoms with van der Waals surface area (Å²) in [4.78, 5) is 0. The van der Waals surface area contributed by atoms with Gasteiger partial charge in [-0.3, -0.25) is 0 Å². The molecule has 3 aliphatic carbocycles. The van der Waals surface area contributed by atoms with E-state index >= 15 is 0 Å². The summed E-state index contributed by atoms with van der Waals surface area (Å²) in [5.41, 5.74) is 11.9. The Labute approximate surface area is 239 Å². The molecule has 0 unspecified atom stereocenters. The van der Waals surface area contributed by atoms with Crippen LogP contribution in [0.4, 0.5) is 0 Å². The maximum Gasteiger partial charge on any atom is 0.0725 e. The second-order valence-corrected chi connectivity index (χ2v) is 11.4. The molecule has 6 rings (SSSR count). The van der Waals surface area contributed by atoms with Gasteiger partial charge in [0, 0.05) is 0 Å². The lowest BCUT2D eigenvalue weighted by atomic mass is 9.69. The summed E-state index contributed by atoms with van der Waals surface area (Å²) >= 11 is 0. The topological polar surface area (TPSA) is 0 Å². The summed E-state index contributed by atoms with van der Waals surface area (Å²) in [6.07, 6.45) is 29.5. The molecule has 0 bridgehead atoms. The van der Waals surface area contributed by atoms with Gasteiger partial charge in [0.15, 0.2) is 0 Å². The van der Waals surface area contributed by atoms with Crippen molar-refractivity contribution in [2.24, 2.45) is 5.41 Å². The smallest absolute Gasteiger partial charge is 0.0725 e. The fourth-order valence-corrected chi connectivity index (χ4v) is 6.41. The molecule has 0 fully saturated rings. The maximum atomic E-state index is 2.46. The fraction of sp³-hybridized carbons (Fsp3) is 0.150. The van der Waals surface area contributed by atoms with Crippen LogP contribution in [0.3, 0.4) is 0 Å². The summed E-state index contributed by atoms with van der Waals surface area (Å²) < 4.78 is 0. The lowest BCUT2D eigenvalue weighted by Gasteiger charge is -2.31. The van der Waals surface area contributed by atoms with E-state index in [4.69, 9.17) is 0 Å². The maximum absolute atomic E-state index is 2.46. The first-order valence-electron chi connectivity index (χ1n) is 14.3. The zero-order valence-corrected chi connectivity index (χ0v) is 23.6. The molecule has 0 atom stereocenters. The molecule has 1 spiro atoms. The second kappa shape index (κ2) is 10.6. The summed E-state index contributed by atoms with van der Waals surface area (Å²) in [7, 11) is 0. The lowest BCUT2D eigenvalue weighted by Crippen LogP contribution is -2.26. The predicted octanol–water partition coefficient (Wildman–Crippen LogP) is 10.5. The lowest BCUT2D eigenvalue weighted by molar-refractivity contribution is 0.483. The van der Waals surface area contributed by atoms with Crippen LogP contribution >= 0.6 is 0 Å². The van der Waals surface area contributed by atoms with Crippen molar-refractivity contribution in [3.05, 3.63) is 185 Å². The molecule has 0 nitrogen and oxygen atoms in total. The van der Waals surface area contributed by atoms with E-state index in [9.17, 15) is 0 Å². The van der Waals surface area contributed by atoms with Crippen LogP contribution in [-0.2, 0) is 5.41 Å². The van der Waals surface area contributed by atoms with Crippen LogP contribution in [0.2, 0.25) is 0 Å². The monoisotopic (exact) mass is 516 g/mol. The molecule has 40 heavy (non-hydrogen) atoms. The molecular formula is C40H36. The Balaban J connectivity index is 1.58. The standard InChI is InChI=1S/C40H36/c1-4-5-6-7-8-9-10-11-18-34-33-21-14-17-24-37(33)40(38(34)29-30-25-27-39(2,3)28-26-30)35-22-15-12-19-31(35)32-20-13-16-23-36(32)40/h4-27,29H,28H2,1-3H3/b5-4+,7-6-,9-8-,11-10+,34-18-,38-29+. The van der Waals surface area contributed by atoms with Crippen LogP contribution in [0.25, 0.3) is 16.7 Å². The van der Waals surface area contributed by atoms with Crippen molar-refractivity contribution in [2.75, 3.05) is 0 Å². The van der Waals surface area contributed by atoms with Crippen molar-refractivity contribution >= 4 is 5.57 Å². The van der Waals surface area contributed by atoms with Crippen molar-refractivity contribution < 1.29 is 0 Å². The van der Waals surface area contributed by atoms with Gasteiger partial charge in [-0.05, 0) is 74.9 Å². The Kier molecular flexibility index (Phi) is 6.86. The average molecular weight is 517 g/mol. The highest BCUT2D eigenvalue weighted by atomic mass is 14.5. The summed E-state index contributed by atoms with van der Waals surface area (Å²) in [6.45, 7) is 6.63. The molecule has 3 aromatic carbocycles. The molecule has 0 saturated heterocycles. The van der Waals surface area contributed by atoms with Crippen molar-refractivity contribution in [1.82, 2.24) is 0 Å². The van der Waals surface area contributed by atoms with Gasteiger partial charge in [0.2, 0.25) is 0 Å². The first-order chi connectivity index (χ1) is 19.6. The van der Waals surface area contributed by atoms with Crippen molar-refractivity contribution in [2.45, 2.75) is 32.6 Å². The van der Waals surface area contributed by atoms with E-state index in [0.29, 0.717) is 0 Å². The van der Waals surface area contributed by atoms with Gasteiger partial charge in [-0.25, -0.2) is 0 Å². The second-order valence-electron chi connectivity index (χ2n) is 11.4. The van der Waals surface area contributed by atoms with Gasteiger partial charge in [-0.15, -0.1) is 0 Å². The normalized spacial score (nSPS) is 20.4. The highest BCUT2D eigenvalue weighted by Gasteiger charge is 2.53. The van der Waals surface area contributed by atoms with Gasteiger partial charge >= 0.3 is 0 Å².